The van der Waals surface area contributed by atoms with Crippen LogP contribution >= 0.6 is 27.5 Å². The van der Waals surface area contributed by atoms with E-state index in [9.17, 15) is 9.50 Å². The average molecular weight is 345 g/mol. The molecule has 0 radical (unpaired) electrons. The van der Waals surface area contributed by atoms with E-state index >= 15 is 0 Å². The third-order valence-corrected chi connectivity index (χ3v) is 4.18. The van der Waals surface area contributed by atoms with Gasteiger partial charge in [0.15, 0.2) is 0 Å². The molecule has 2 aromatic carbocycles. The van der Waals surface area contributed by atoms with E-state index in [0.717, 1.165) is 10.2 Å². The van der Waals surface area contributed by atoms with Crippen LogP contribution in [0.25, 0.3) is 0 Å². The molecule has 2 aromatic rings. The fraction of sp³-hybridized carbons (Fsp3) is 0.143. The smallest absolute Gasteiger partial charge is 0.123 e. The number of halogens is 3. The molecule has 0 saturated heterocycles. The molecule has 0 fully saturated rings. The highest BCUT2D eigenvalue weighted by molar-refractivity contribution is 9.10. The molecule has 0 aromatic heterocycles. The minimum Gasteiger partial charge on any atom is -0.508 e. The molecule has 0 amide bonds. The van der Waals surface area contributed by atoms with Gasteiger partial charge in [0.25, 0.3) is 0 Å². The molecule has 0 bridgehead atoms. The lowest BCUT2D eigenvalue weighted by Gasteiger charge is -2.18. The van der Waals surface area contributed by atoms with Gasteiger partial charge in [-0.25, -0.2) is 4.39 Å². The highest BCUT2D eigenvalue weighted by atomic mass is 79.9. The number of phenols is 1. The maximum Gasteiger partial charge on any atom is 0.123 e. The summed E-state index contributed by atoms with van der Waals surface area (Å²) < 4.78 is 14.0. The summed E-state index contributed by atoms with van der Waals surface area (Å²) in [5.74, 6) is -0.328. The quantitative estimate of drug-likeness (QED) is 0.810. The van der Waals surface area contributed by atoms with E-state index in [4.69, 9.17) is 11.6 Å². The van der Waals surface area contributed by atoms with Crippen LogP contribution in [0.4, 0.5) is 10.1 Å². The van der Waals surface area contributed by atoms with Crippen molar-refractivity contribution >= 4 is 33.2 Å². The van der Waals surface area contributed by atoms with Crippen molar-refractivity contribution in [3.8, 4) is 5.75 Å². The van der Waals surface area contributed by atoms with E-state index in [-0.39, 0.29) is 17.6 Å². The molecule has 0 aliphatic rings. The molecular weight excluding hydrogens is 333 g/mol. The van der Waals surface area contributed by atoms with E-state index in [1.807, 2.05) is 19.1 Å². The fourth-order valence-corrected chi connectivity index (χ4v) is 2.35. The molecule has 0 aliphatic heterocycles. The Kier molecular flexibility index (Phi) is 4.32. The van der Waals surface area contributed by atoms with Crippen LogP contribution in [0, 0.1) is 5.82 Å². The van der Waals surface area contributed by atoms with Crippen LogP contribution in [-0.4, -0.2) is 5.11 Å². The van der Waals surface area contributed by atoms with Gasteiger partial charge >= 0.3 is 0 Å². The molecule has 1 atom stereocenters. The van der Waals surface area contributed by atoms with Gasteiger partial charge in [-0.1, -0.05) is 17.7 Å². The van der Waals surface area contributed by atoms with Crippen molar-refractivity contribution in [2.45, 2.75) is 13.0 Å². The van der Waals surface area contributed by atoms with Crippen molar-refractivity contribution in [3.05, 3.63) is 57.3 Å². The third kappa shape index (κ3) is 3.19. The maximum absolute atomic E-state index is 13.2. The fourth-order valence-electron chi connectivity index (χ4n) is 1.80. The van der Waals surface area contributed by atoms with Gasteiger partial charge in [-0.15, -0.1) is 0 Å². The zero-order valence-corrected chi connectivity index (χ0v) is 12.5. The molecular formula is C14H12BrClFNO. The summed E-state index contributed by atoms with van der Waals surface area (Å²) in [4.78, 5) is 0. The molecule has 100 valence electrons. The van der Waals surface area contributed by atoms with Gasteiger partial charge < -0.3 is 10.4 Å². The van der Waals surface area contributed by atoms with Crippen LogP contribution < -0.4 is 5.32 Å². The van der Waals surface area contributed by atoms with Gasteiger partial charge in [-0.2, -0.15) is 0 Å². The first-order chi connectivity index (χ1) is 8.99. The molecule has 2 rings (SSSR count). The number of aromatic hydroxyl groups is 1. The Labute approximate surface area is 124 Å². The van der Waals surface area contributed by atoms with Crippen LogP contribution in [0.2, 0.25) is 5.02 Å². The number of rotatable bonds is 3. The summed E-state index contributed by atoms with van der Waals surface area (Å²) in [6.07, 6.45) is 0. The second kappa shape index (κ2) is 5.80. The largest absolute Gasteiger partial charge is 0.508 e. The van der Waals surface area contributed by atoms with Crippen molar-refractivity contribution in [1.82, 2.24) is 0 Å². The summed E-state index contributed by atoms with van der Waals surface area (Å²) in [6, 6.07) is 9.05. The van der Waals surface area contributed by atoms with Crippen molar-refractivity contribution < 1.29 is 9.50 Å². The van der Waals surface area contributed by atoms with Crippen molar-refractivity contribution in [2.24, 2.45) is 0 Å². The predicted octanol–water partition coefficient (Wildman–Crippen LogP) is 5.12. The van der Waals surface area contributed by atoms with Gasteiger partial charge in [0.2, 0.25) is 0 Å². The second-order valence-corrected chi connectivity index (χ2v) is 5.37. The predicted molar refractivity (Wildman–Crippen MR) is 79.3 cm³/mol. The number of benzene rings is 2. The van der Waals surface area contributed by atoms with Gasteiger partial charge in [0.1, 0.15) is 11.6 Å². The van der Waals surface area contributed by atoms with E-state index in [1.54, 1.807) is 6.07 Å². The summed E-state index contributed by atoms with van der Waals surface area (Å²) in [6.45, 7) is 1.84. The number of phenolic OH excluding ortho intramolecular Hbond substituents is 1. The van der Waals surface area contributed by atoms with Gasteiger partial charge in [0, 0.05) is 5.56 Å². The SMILES string of the molecule is CC(Nc1cccc(Cl)c1Br)c1cc(F)ccc1O. The lowest BCUT2D eigenvalue weighted by molar-refractivity contribution is 0.462. The van der Waals surface area contributed by atoms with Crippen LogP contribution in [-0.2, 0) is 0 Å². The van der Waals surface area contributed by atoms with Crippen molar-refractivity contribution in [1.29, 1.82) is 0 Å². The molecule has 0 spiro atoms. The Bertz CT molecular complexity index is 606. The van der Waals surface area contributed by atoms with Gasteiger partial charge in [-0.05, 0) is 53.2 Å². The highest BCUT2D eigenvalue weighted by Crippen LogP contribution is 2.34. The minimum absolute atomic E-state index is 0.0551. The van der Waals surface area contributed by atoms with Gasteiger partial charge in [0.05, 0.1) is 21.2 Å². The normalized spacial score (nSPS) is 12.2. The van der Waals surface area contributed by atoms with E-state index in [2.05, 4.69) is 21.2 Å². The Hall–Kier alpha value is -1.26. The van der Waals surface area contributed by atoms with Crippen LogP contribution in [0.3, 0.4) is 0 Å². The van der Waals surface area contributed by atoms with E-state index in [0.29, 0.717) is 10.6 Å². The maximum atomic E-state index is 13.2. The first kappa shape index (κ1) is 14.2. The molecule has 5 heteroatoms. The summed E-state index contributed by atoms with van der Waals surface area (Å²) in [5.41, 5.74) is 1.27. The Morgan fingerprint density at radius 1 is 1.32 bits per heavy atom. The molecule has 0 saturated carbocycles. The first-order valence-electron chi connectivity index (χ1n) is 5.68. The molecule has 1 unspecified atom stereocenters. The number of nitrogens with one attached hydrogen (secondary N) is 1. The number of hydrogen-bond acceptors (Lipinski definition) is 2. The van der Waals surface area contributed by atoms with Gasteiger partial charge in [-0.3, -0.25) is 0 Å². The zero-order chi connectivity index (χ0) is 14.0. The zero-order valence-electron chi connectivity index (χ0n) is 10.1. The highest BCUT2D eigenvalue weighted by Gasteiger charge is 2.13. The van der Waals surface area contributed by atoms with E-state index in [1.165, 1.54) is 18.2 Å². The third-order valence-electron chi connectivity index (χ3n) is 2.78. The van der Waals surface area contributed by atoms with Crippen LogP contribution in [0.1, 0.15) is 18.5 Å². The summed E-state index contributed by atoms with van der Waals surface area (Å²) in [5, 5.41) is 13.5. The average Bonchev–Trinajstić information content (AvgIpc) is 2.38. The minimum atomic E-state index is -0.383. The van der Waals surface area contributed by atoms with Crippen LogP contribution in [0.5, 0.6) is 5.75 Å². The second-order valence-electron chi connectivity index (χ2n) is 4.17. The number of anilines is 1. The molecule has 2 nitrogen and oxygen atoms in total. The standard InChI is InChI=1S/C14H12BrClFNO/c1-8(10-7-9(17)5-6-13(10)19)18-12-4-2-3-11(16)14(12)15/h2-8,18-19H,1H3. The van der Waals surface area contributed by atoms with E-state index < -0.39 is 0 Å². The molecule has 2 N–H and O–H groups in total. The monoisotopic (exact) mass is 343 g/mol. The Morgan fingerprint density at radius 3 is 2.79 bits per heavy atom. The Balaban J connectivity index is 2.28. The number of hydrogen-bond donors (Lipinski definition) is 2. The molecule has 0 heterocycles. The molecule has 0 aliphatic carbocycles. The topological polar surface area (TPSA) is 32.3 Å². The van der Waals surface area contributed by atoms with Crippen LogP contribution in [0.15, 0.2) is 40.9 Å². The Morgan fingerprint density at radius 2 is 2.05 bits per heavy atom. The lowest BCUT2D eigenvalue weighted by Crippen LogP contribution is -2.07. The lowest BCUT2D eigenvalue weighted by atomic mass is 10.1. The van der Waals surface area contributed by atoms with Crippen molar-refractivity contribution in [3.63, 3.8) is 0 Å². The first-order valence-corrected chi connectivity index (χ1v) is 6.85. The molecule has 19 heavy (non-hydrogen) atoms. The summed E-state index contributed by atoms with van der Waals surface area (Å²) >= 11 is 9.39. The summed E-state index contributed by atoms with van der Waals surface area (Å²) in [7, 11) is 0. The van der Waals surface area contributed by atoms with Crippen molar-refractivity contribution in [2.75, 3.05) is 5.32 Å².